The van der Waals surface area contributed by atoms with E-state index >= 15 is 0 Å². The van der Waals surface area contributed by atoms with Gasteiger partial charge in [-0.25, -0.2) is 0 Å². The molecule has 25 heavy (non-hydrogen) atoms. The molecule has 1 N–H and O–H groups in total. The Morgan fingerprint density at radius 3 is 2.56 bits per heavy atom. The predicted octanol–water partition coefficient (Wildman–Crippen LogP) is 4.47. The lowest BCUT2D eigenvalue weighted by Crippen LogP contribution is -2.25. The highest BCUT2D eigenvalue weighted by Gasteiger charge is 2.15. The molecular formula is C21H26N2O2. The van der Waals surface area contributed by atoms with Crippen molar-refractivity contribution in [2.45, 2.75) is 32.3 Å². The van der Waals surface area contributed by atoms with Gasteiger partial charge in [-0.2, -0.15) is 0 Å². The number of hydrogen-bond acceptors (Lipinski definition) is 3. The molecule has 0 spiro atoms. The first-order valence-corrected chi connectivity index (χ1v) is 9.01. The molecule has 1 heterocycles. The van der Waals surface area contributed by atoms with Crippen molar-refractivity contribution in [2.75, 3.05) is 30.4 Å². The SMILES string of the molecule is COCc1cccc(C(=O)Nc2ccccc2N2CCCCCC2)c1. The summed E-state index contributed by atoms with van der Waals surface area (Å²) in [6.07, 6.45) is 5.00. The minimum absolute atomic E-state index is 0.0831. The molecule has 0 atom stereocenters. The van der Waals surface area contributed by atoms with Crippen LogP contribution in [0, 0.1) is 0 Å². The Hall–Kier alpha value is -2.33. The van der Waals surface area contributed by atoms with Gasteiger partial charge in [-0.1, -0.05) is 37.1 Å². The van der Waals surface area contributed by atoms with Crippen molar-refractivity contribution in [1.82, 2.24) is 0 Å². The first kappa shape index (κ1) is 17.5. The van der Waals surface area contributed by atoms with Crippen LogP contribution in [0.25, 0.3) is 0 Å². The standard InChI is InChI=1S/C21H26N2O2/c1-25-16-17-9-8-10-18(15-17)21(24)22-19-11-4-5-12-20(19)23-13-6-2-3-7-14-23/h4-5,8-12,15H,2-3,6-7,13-14,16H2,1H3,(H,22,24). The lowest BCUT2D eigenvalue weighted by molar-refractivity contribution is 0.102. The minimum Gasteiger partial charge on any atom is -0.380 e. The van der Waals surface area contributed by atoms with Crippen molar-refractivity contribution < 1.29 is 9.53 Å². The van der Waals surface area contributed by atoms with Gasteiger partial charge in [0.15, 0.2) is 0 Å². The third-order valence-corrected chi connectivity index (χ3v) is 4.60. The molecule has 3 rings (SSSR count). The highest BCUT2D eigenvalue weighted by atomic mass is 16.5. The zero-order valence-corrected chi connectivity index (χ0v) is 14.8. The molecule has 1 aliphatic rings. The van der Waals surface area contributed by atoms with Crippen LogP contribution in [-0.4, -0.2) is 26.1 Å². The monoisotopic (exact) mass is 338 g/mol. The first-order chi connectivity index (χ1) is 12.3. The third-order valence-electron chi connectivity index (χ3n) is 4.60. The molecule has 4 heteroatoms. The van der Waals surface area contributed by atoms with E-state index in [1.54, 1.807) is 7.11 Å². The number of hydrogen-bond donors (Lipinski definition) is 1. The van der Waals surface area contributed by atoms with Crippen molar-refractivity contribution in [2.24, 2.45) is 0 Å². The van der Waals surface area contributed by atoms with E-state index in [-0.39, 0.29) is 5.91 Å². The molecule has 0 aromatic heterocycles. The summed E-state index contributed by atoms with van der Waals surface area (Å²) in [6, 6.07) is 15.7. The number of amides is 1. The molecule has 0 radical (unpaired) electrons. The Bertz CT molecular complexity index is 707. The fourth-order valence-electron chi connectivity index (χ4n) is 3.33. The quantitative estimate of drug-likeness (QED) is 0.875. The van der Waals surface area contributed by atoms with Gasteiger partial charge >= 0.3 is 0 Å². The molecule has 0 saturated carbocycles. The van der Waals surface area contributed by atoms with Gasteiger partial charge in [-0.3, -0.25) is 4.79 Å². The van der Waals surface area contributed by atoms with Crippen molar-refractivity contribution in [3.63, 3.8) is 0 Å². The normalized spacial score (nSPS) is 14.8. The van der Waals surface area contributed by atoms with Crippen molar-refractivity contribution in [3.8, 4) is 0 Å². The summed E-state index contributed by atoms with van der Waals surface area (Å²) in [7, 11) is 1.66. The molecule has 4 nitrogen and oxygen atoms in total. The van der Waals surface area contributed by atoms with Gasteiger partial charge in [-0.05, 0) is 42.7 Å². The molecule has 0 unspecified atom stereocenters. The Morgan fingerprint density at radius 1 is 1.04 bits per heavy atom. The van der Waals surface area contributed by atoms with Crippen LogP contribution >= 0.6 is 0 Å². The van der Waals surface area contributed by atoms with Gasteiger partial charge in [0.25, 0.3) is 5.91 Å². The fourth-order valence-corrected chi connectivity index (χ4v) is 3.33. The smallest absolute Gasteiger partial charge is 0.255 e. The number of benzene rings is 2. The average Bonchev–Trinajstić information content (AvgIpc) is 2.92. The Kier molecular flexibility index (Phi) is 6.07. The predicted molar refractivity (Wildman–Crippen MR) is 102 cm³/mol. The van der Waals surface area contributed by atoms with Gasteiger partial charge in [0.1, 0.15) is 0 Å². The fraction of sp³-hybridized carbons (Fsp3) is 0.381. The number of ether oxygens (including phenoxy) is 1. The lowest BCUT2D eigenvalue weighted by Gasteiger charge is -2.25. The van der Waals surface area contributed by atoms with E-state index in [1.807, 2.05) is 42.5 Å². The second-order valence-corrected chi connectivity index (χ2v) is 6.51. The number of carbonyl (C=O) groups is 1. The summed E-state index contributed by atoms with van der Waals surface area (Å²) in [5, 5.41) is 3.09. The summed E-state index contributed by atoms with van der Waals surface area (Å²) in [5.74, 6) is -0.0831. The molecule has 1 saturated heterocycles. The van der Waals surface area contributed by atoms with Crippen LogP contribution in [0.5, 0.6) is 0 Å². The lowest BCUT2D eigenvalue weighted by atomic mass is 10.1. The van der Waals surface area contributed by atoms with Crippen LogP contribution in [0.3, 0.4) is 0 Å². The molecule has 2 aromatic rings. The van der Waals surface area contributed by atoms with E-state index < -0.39 is 0 Å². The second-order valence-electron chi connectivity index (χ2n) is 6.51. The van der Waals surface area contributed by atoms with Crippen molar-refractivity contribution in [3.05, 3.63) is 59.7 Å². The summed E-state index contributed by atoms with van der Waals surface area (Å²) in [5.41, 5.74) is 3.65. The molecule has 132 valence electrons. The van der Waals surface area contributed by atoms with E-state index in [0.717, 1.165) is 30.0 Å². The van der Waals surface area contributed by atoms with Crippen LogP contribution in [0.2, 0.25) is 0 Å². The zero-order chi connectivity index (χ0) is 17.5. The number of anilines is 2. The molecule has 0 bridgehead atoms. The van der Waals surface area contributed by atoms with Gasteiger partial charge < -0.3 is 15.0 Å². The summed E-state index contributed by atoms with van der Waals surface area (Å²) in [6.45, 7) is 2.61. The highest BCUT2D eigenvalue weighted by molar-refractivity contribution is 6.06. The number of nitrogens with one attached hydrogen (secondary N) is 1. The van der Waals surface area contributed by atoms with E-state index in [1.165, 1.54) is 25.7 Å². The molecule has 1 fully saturated rings. The number of para-hydroxylation sites is 2. The topological polar surface area (TPSA) is 41.6 Å². The molecule has 1 amide bonds. The summed E-state index contributed by atoms with van der Waals surface area (Å²) < 4.78 is 5.15. The van der Waals surface area contributed by atoms with E-state index in [0.29, 0.717) is 12.2 Å². The molecule has 0 aliphatic carbocycles. The van der Waals surface area contributed by atoms with Crippen LogP contribution < -0.4 is 10.2 Å². The first-order valence-electron chi connectivity index (χ1n) is 9.01. The van der Waals surface area contributed by atoms with E-state index in [9.17, 15) is 4.79 Å². The van der Waals surface area contributed by atoms with E-state index in [2.05, 4.69) is 16.3 Å². The van der Waals surface area contributed by atoms with Crippen LogP contribution in [-0.2, 0) is 11.3 Å². The molecular weight excluding hydrogens is 312 g/mol. The van der Waals surface area contributed by atoms with Crippen LogP contribution in [0.15, 0.2) is 48.5 Å². The average molecular weight is 338 g/mol. The molecule has 2 aromatic carbocycles. The Labute approximate surface area is 149 Å². The number of rotatable bonds is 5. The second kappa shape index (κ2) is 8.67. The van der Waals surface area contributed by atoms with Gasteiger partial charge in [-0.15, -0.1) is 0 Å². The molecule has 1 aliphatic heterocycles. The van der Waals surface area contributed by atoms with Gasteiger partial charge in [0.05, 0.1) is 18.0 Å². The van der Waals surface area contributed by atoms with Crippen LogP contribution in [0.1, 0.15) is 41.6 Å². The largest absolute Gasteiger partial charge is 0.380 e. The summed E-state index contributed by atoms with van der Waals surface area (Å²) in [4.78, 5) is 15.1. The Balaban J connectivity index is 1.78. The maximum atomic E-state index is 12.7. The van der Waals surface area contributed by atoms with Gasteiger partial charge in [0.2, 0.25) is 0 Å². The summed E-state index contributed by atoms with van der Waals surface area (Å²) >= 11 is 0. The van der Waals surface area contributed by atoms with Crippen molar-refractivity contribution >= 4 is 17.3 Å². The Morgan fingerprint density at radius 2 is 1.80 bits per heavy atom. The maximum absolute atomic E-state index is 12.7. The van der Waals surface area contributed by atoms with Crippen molar-refractivity contribution in [1.29, 1.82) is 0 Å². The zero-order valence-electron chi connectivity index (χ0n) is 14.8. The van der Waals surface area contributed by atoms with Crippen LogP contribution in [0.4, 0.5) is 11.4 Å². The number of methoxy groups -OCH3 is 1. The third kappa shape index (κ3) is 4.60. The highest BCUT2D eigenvalue weighted by Crippen LogP contribution is 2.28. The van der Waals surface area contributed by atoms with E-state index in [4.69, 9.17) is 4.74 Å². The van der Waals surface area contributed by atoms with Gasteiger partial charge in [0, 0.05) is 25.8 Å². The maximum Gasteiger partial charge on any atom is 0.255 e. The number of carbonyl (C=O) groups excluding carboxylic acids is 1. The minimum atomic E-state index is -0.0831. The number of nitrogens with zero attached hydrogens (tertiary/aromatic N) is 1.